The Morgan fingerprint density at radius 1 is 0.810 bits per heavy atom. The third-order valence-electron chi connectivity index (χ3n) is 8.26. The molecule has 42 heavy (non-hydrogen) atoms. The molecule has 7 rings (SSSR count). The average Bonchev–Trinajstić information content (AvgIpc) is 3.70. The molecule has 212 valence electrons. The smallest absolute Gasteiger partial charge is 0.365 e. The molecule has 1 aliphatic heterocycles. The van der Waals surface area contributed by atoms with Crippen molar-refractivity contribution in [1.82, 2.24) is 30.3 Å². The van der Waals surface area contributed by atoms with Gasteiger partial charge in [0, 0.05) is 49.0 Å². The summed E-state index contributed by atoms with van der Waals surface area (Å²) < 4.78 is 0. The normalized spacial score (nSPS) is 16.7. The van der Waals surface area contributed by atoms with Crippen LogP contribution in [0.25, 0.3) is 32.2 Å². The Labute approximate surface area is 248 Å². The fourth-order valence-corrected chi connectivity index (χ4v) is 6.64. The van der Waals surface area contributed by atoms with Gasteiger partial charge in [0.2, 0.25) is 0 Å². The summed E-state index contributed by atoms with van der Waals surface area (Å²) in [6.07, 6.45) is 4.88. The van der Waals surface area contributed by atoms with E-state index in [-0.39, 0.29) is 0 Å². The second kappa shape index (κ2) is 11.5. The van der Waals surface area contributed by atoms with Gasteiger partial charge in [-0.05, 0) is 79.4 Å². The Morgan fingerprint density at radius 3 is 2.14 bits per heavy atom. The lowest BCUT2D eigenvalue weighted by Crippen LogP contribution is -2.50. The van der Waals surface area contributed by atoms with E-state index in [1.165, 1.54) is 48.3 Å². The van der Waals surface area contributed by atoms with Gasteiger partial charge in [-0.25, -0.2) is 4.79 Å². The van der Waals surface area contributed by atoms with Gasteiger partial charge in [0.15, 0.2) is 0 Å². The number of carbonyl (C=O) groups is 1. The number of carbonyl (C=O) groups excluding carboxylic acids is 1. The molecule has 5 aromatic rings. The lowest BCUT2D eigenvalue weighted by molar-refractivity contribution is 0.0409. The van der Waals surface area contributed by atoms with E-state index in [1.54, 1.807) is 18.2 Å². The summed E-state index contributed by atoms with van der Waals surface area (Å²) in [6.45, 7) is 8.51. The number of piperazine rings is 1. The first-order chi connectivity index (χ1) is 20.6. The van der Waals surface area contributed by atoms with Crippen LogP contribution in [-0.4, -0.2) is 68.4 Å². The first-order valence-electron chi connectivity index (χ1n) is 14.3. The maximum Gasteiger partial charge on any atom is 0.365 e. The van der Waals surface area contributed by atoms with Crippen molar-refractivity contribution in [2.45, 2.75) is 31.7 Å². The van der Waals surface area contributed by atoms with E-state index in [0.717, 1.165) is 58.2 Å². The highest BCUT2D eigenvalue weighted by Gasteiger charge is 2.26. The van der Waals surface area contributed by atoms with Gasteiger partial charge in [0.25, 0.3) is 0 Å². The summed E-state index contributed by atoms with van der Waals surface area (Å²) in [6, 6.07) is 23.8. The van der Waals surface area contributed by atoms with Crippen LogP contribution in [0, 0.1) is 0 Å². The molecule has 10 heteroatoms. The molecule has 3 heterocycles. The number of allylic oxidation sites excluding steroid dienone is 1. The van der Waals surface area contributed by atoms with Crippen LogP contribution in [0.15, 0.2) is 84.9 Å². The predicted octanol–water partition coefficient (Wildman–Crippen LogP) is 5.51. The van der Waals surface area contributed by atoms with Crippen molar-refractivity contribution in [3.8, 4) is 21.1 Å². The van der Waals surface area contributed by atoms with Gasteiger partial charge in [-0.15, -0.1) is 15.3 Å². The zero-order valence-corrected chi connectivity index (χ0v) is 24.0. The quantitative estimate of drug-likeness (QED) is 0.193. The Balaban J connectivity index is 0.967. The first-order valence-corrected chi connectivity index (χ1v) is 15.2. The Kier molecular flexibility index (Phi) is 7.23. The fourth-order valence-electron chi connectivity index (χ4n) is 5.79. The van der Waals surface area contributed by atoms with Crippen LogP contribution in [0.4, 0.5) is 5.69 Å². The molecule has 2 aliphatic rings. The average molecular weight is 578 g/mol. The SMILES string of the molecule is C=C1CCC(N2CCN(c3ccc(-c4nnc(-c5ccc(C(=O)On6nnc7ccccc76)cc5)s4)cc3)CC2)CC1. The second-order valence-corrected chi connectivity index (χ2v) is 11.8. The number of nitrogens with zero attached hydrogens (tertiary/aromatic N) is 7. The van der Waals surface area contributed by atoms with Crippen molar-refractivity contribution in [3.05, 3.63) is 90.5 Å². The van der Waals surface area contributed by atoms with Gasteiger partial charge >= 0.3 is 5.97 Å². The van der Waals surface area contributed by atoms with Crippen molar-refractivity contribution < 1.29 is 9.63 Å². The van der Waals surface area contributed by atoms with E-state index in [4.69, 9.17) is 4.84 Å². The highest BCUT2D eigenvalue weighted by Crippen LogP contribution is 2.32. The molecular formula is C32H31N7O2S. The molecule has 0 unspecified atom stereocenters. The van der Waals surface area contributed by atoms with Gasteiger partial charge in [-0.2, -0.15) is 0 Å². The number of fused-ring (bicyclic) bond motifs is 1. The maximum atomic E-state index is 12.7. The largest absolute Gasteiger partial charge is 0.369 e. The Bertz CT molecular complexity index is 1710. The maximum absolute atomic E-state index is 12.7. The molecule has 0 N–H and O–H groups in total. The molecule has 1 saturated heterocycles. The molecule has 0 spiro atoms. The van der Waals surface area contributed by atoms with Gasteiger partial charge < -0.3 is 9.74 Å². The molecule has 0 radical (unpaired) electrons. The molecule has 2 fully saturated rings. The van der Waals surface area contributed by atoms with Gasteiger partial charge in [-0.3, -0.25) is 4.90 Å². The summed E-state index contributed by atoms with van der Waals surface area (Å²) >= 11 is 1.53. The molecule has 0 amide bonds. The molecule has 0 bridgehead atoms. The van der Waals surface area contributed by atoms with E-state index >= 15 is 0 Å². The minimum atomic E-state index is -0.517. The minimum absolute atomic E-state index is 0.407. The standard InChI is InChI=1S/C32H31N7O2S/c1-22-6-14-26(15-7-22)37-18-20-38(21-19-37)27-16-12-24(13-17-27)31-35-34-30(42-31)23-8-10-25(11-9-23)32(40)41-39-29-5-3-2-4-28(29)33-36-39/h2-5,8-13,16-17,26H,1,6-7,14-15,18-21H2. The number of hydrogen-bond acceptors (Lipinski definition) is 9. The first kappa shape index (κ1) is 26.5. The number of anilines is 1. The molecule has 0 atom stereocenters. The summed E-state index contributed by atoms with van der Waals surface area (Å²) in [5.41, 5.74) is 6.29. The van der Waals surface area contributed by atoms with Gasteiger partial charge in [0.1, 0.15) is 21.0 Å². The number of rotatable bonds is 6. The Hall–Kier alpha value is -4.41. The number of benzene rings is 3. The molecule has 9 nitrogen and oxygen atoms in total. The van der Waals surface area contributed by atoms with Crippen molar-refractivity contribution in [3.63, 3.8) is 0 Å². The third-order valence-corrected chi connectivity index (χ3v) is 9.28. The van der Waals surface area contributed by atoms with Crippen LogP contribution in [-0.2, 0) is 0 Å². The van der Waals surface area contributed by atoms with E-state index in [0.29, 0.717) is 16.6 Å². The van der Waals surface area contributed by atoms with E-state index in [1.807, 2.05) is 30.3 Å². The molecule has 2 aromatic heterocycles. The summed E-state index contributed by atoms with van der Waals surface area (Å²) in [4.78, 5) is 24.4. The van der Waals surface area contributed by atoms with Crippen LogP contribution in [0.2, 0.25) is 0 Å². The van der Waals surface area contributed by atoms with Crippen LogP contribution in [0.5, 0.6) is 0 Å². The molecule has 1 aliphatic carbocycles. The van der Waals surface area contributed by atoms with Crippen LogP contribution < -0.4 is 9.74 Å². The van der Waals surface area contributed by atoms with E-state index < -0.39 is 5.97 Å². The minimum Gasteiger partial charge on any atom is -0.369 e. The highest BCUT2D eigenvalue weighted by molar-refractivity contribution is 7.17. The zero-order valence-electron chi connectivity index (χ0n) is 23.2. The Morgan fingerprint density at radius 2 is 1.45 bits per heavy atom. The van der Waals surface area contributed by atoms with Crippen LogP contribution in [0.3, 0.4) is 0 Å². The third kappa shape index (κ3) is 5.43. The van der Waals surface area contributed by atoms with Gasteiger partial charge in [-0.1, -0.05) is 52.6 Å². The van der Waals surface area contributed by atoms with E-state index in [9.17, 15) is 4.79 Å². The van der Waals surface area contributed by atoms with Crippen molar-refractivity contribution in [2.24, 2.45) is 0 Å². The molecular weight excluding hydrogens is 546 g/mol. The van der Waals surface area contributed by atoms with E-state index in [2.05, 4.69) is 61.2 Å². The van der Waals surface area contributed by atoms with Crippen molar-refractivity contribution >= 4 is 34.0 Å². The lowest BCUT2D eigenvalue weighted by Gasteiger charge is -2.41. The lowest BCUT2D eigenvalue weighted by atomic mass is 9.90. The second-order valence-electron chi connectivity index (χ2n) is 10.9. The number of aromatic nitrogens is 5. The monoisotopic (exact) mass is 577 g/mol. The fraction of sp³-hybridized carbons (Fsp3) is 0.281. The zero-order chi connectivity index (χ0) is 28.5. The van der Waals surface area contributed by atoms with Crippen LogP contribution >= 0.6 is 11.3 Å². The summed E-state index contributed by atoms with van der Waals surface area (Å²) in [5, 5.41) is 18.4. The highest BCUT2D eigenvalue weighted by atomic mass is 32.1. The van der Waals surface area contributed by atoms with Crippen molar-refractivity contribution in [1.29, 1.82) is 0 Å². The molecule has 1 saturated carbocycles. The van der Waals surface area contributed by atoms with Crippen molar-refractivity contribution in [2.75, 3.05) is 31.1 Å². The topological polar surface area (TPSA) is 89.3 Å². The summed E-state index contributed by atoms with van der Waals surface area (Å²) in [5.74, 6) is -0.517. The number of para-hydroxylation sites is 1. The van der Waals surface area contributed by atoms with Gasteiger partial charge in [0.05, 0.1) is 5.56 Å². The number of hydrogen-bond donors (Lipinski definition) is 0. The molecule has 3 aromatic carbocycles. The predicted molar refractivity (Wildman–Crippen MR) is 164 cm³/mol. The summed E-state index contributed by atoms with van der Waals surface area (Å²) in [7, 11) is 0. The van der Waals surface area contributed by atoms with Crippen LogP contribution in [0.1, 0.15) is 36.0 Å².